The molecule has 1 nitrogen and oxygen atoms in total. The molecule has 1 aromatic rings. The van der Waals surface area contributed by atoms with Gasteiger partial charge < -0.3 is 5.73 Å². The monoisotopic (exact) mass is 185 g/mol. The van der Waals surface area contributed by atoms with Crippen molar-refractivity contribution in [1.82, 2.24) is 0 Å². The van der Waals surface area contributed by atoms with Crippen molar-refractivity contribution in [2.24, 2.45) is 5.73 Å². The first-order chi connectivity index (χ1) is 6.08. The number of aryl methyl sites for hydroxylation is 1. The minimum Gasteiger partial charge on any atom is -0.330 e. The highest BCUT2D eigenvalue weighted by Gasteiger charge is 2.31. The molecule has 0 saturated carbocycles. The largest absolute Gasteiger partial charge is 0.330 e. The van der Waals surface area contributed by atoms with E-state index >= 15 is 0 Å². The highest BCUT2D eigenvalue weighted by atomic mass is 19.3. The molecule has 0 heterocycles. The molecule has 0 atom stereocenters. The van der Waals surface area contributed by atoms with Crippen molar-refractivity contribution in [3.63, 3.8) is 0 Å². The molecular weight excluding hydrogens is 172 g/mol. The van der Waals surface area contributed by atoms with Crippen LogP contribution in [0, 0.1) is 6.92 Å². The van der Waals surface area contributed by atoms with Crippen molar-refractivity contribution in [3.8, 4) is 0 Å². The zero-order valence-electron chi connectivity index (χ0n) is 7.56. The minimum atomic E-state index is -2.79. The van der Waals surface area contributed by atoms with Crippen molar-refractivity contribution in [3.05, 3.63) is 35.4 Å². The van der Waals surface area contributed by atoms with Gasteiger partial charge in [0.1, 0.15) is 0 Å². The predicted octanol–water partition coefficient (Wildman–Crippen LogP) is 2.44. The molecule has 0 aliphatic heterocycles. The standard InChI is InChI=1S/C10H13F2N/c1-8-4-2-3-5-9(8)10(11,12)6-7-13/h2-5H,6-7,13H2,1H3. The summed E-state index contributed by atoms with van der Waals surface area (Å²) >= 11 is 0. The second-order valence-electron chi connectivity index (χ2n) is 3.06. The van der Waals surface area contributed by atoms with Crippen LogP contribution >= 0.6 is 0 Å². The van der Waals surface area contributed by atoms with E-state index in [4.69, 9.17) is 5.73 Å². The van der Waals surface area contributed by atoms with Crippen molar-refractivity contribution in [1.29, 1.82) is 0 Å². The van der Waals surface area contributed by atoms with Crippen LogP contribution < -0.4 is 5.73 Å². The van der Waals surface area contributed by atoms with Gasteiger partial charge in [0.05, 0.1) is 0 Å². The number of benzene rings is 1. The van der Waals surface area contributed by atoms with Crippen LogP contribution in [0.3, 0.4) is 0 Å². The van der Waals surface area contributed by atoms with E-state index in [1.807, 2.05) is 0 Å². The Labute approximate surface area is 76.6 Å². The zero-order valence-corrected chi connectivity index (χ0v) is 7.56. The van der Waals surface area contributed by atoms with E-state index in [-0.39, 0.29) is 18.5 Å². The van der Waals surface area contributed by atoms with Crippen LogP contribution in [0.1, 0.15) is 17.5 Å². The smallest absolute Gasteiger partial charge is 0.274 e. The van der Waals surface area contributed by atoms with Gasteiger partial charge in [0.25, 0.3) is 5.92 Å². The summed E-state index contributed by atoms with van der Waals surface area (Å²) in [5.41, 5.74) is 5.82. The minimum absolute atomic E-state index is 0.00132. The second-order valence-corrected chi connectivity index (χ2v) is 3.06. The van der Waals surface area contributed by atoms with E-state index in [9.17, 15) is 8.78 Å². The number of hydrogen-bond donors (Lipinski definition) is 1. The van der Waals surface area contributed by atoms with Gasteiger partial charge in [-0.05, 0) is 19.0 Å². The van der Waals surface area contributed by atoms with Gasteiger partial charge in [0.15, 0.2) is 0 Å². The predicted molar refractivity (Wildman–Crippen MR) is 48.7 cm³/mol. The van der Waals surface area contributed by atoms with Gasteiger partial charge in [0, 0.05) is 12.0 Å². The fourth-order valence-electron chi connectivity index (χ4n) is 1.30. The van der Waals surface area contributed by atoms with Crippen LogP contribution in [0.15, 0.2) is 24.3 Å². The van der Waals surface area contributed by atoms with Gasteiger partial charge in [0.2, 0.25) is 0 Å². The maximum absolute atomic E-state index is 13.3. The summed E-state index contributed by atoms with van der Waals surface area (Å²) in [5, 5.41) is 0. The van der Waals surface area contributed by atoms with Crippen LogP contribution in [0.4, 0.5) is 8.78 Å². The molecule has 0 aliphatic carbocycles. The third kappa shape index (κ3) is 2.25. The van der Waals surface area contributed by atoms with E-state index in [1.165, 1.54) is 6.07 Å². The highest BCUT2D eigenvalue weighted by molar-refractivity contribution is 5.29. The van der Waals surface area contributed by atoms with E-state index in [0.717, 1.165) is 0 Å². The summed E-state index contributed by atoms with van der Waals surface area (Å²) in [6.45, 7) is 1.68. The van der Waals surface area contributed by atoms with E-state index in [2.05, 4.69) is 0 Å². The Balaban J connectivity index is 2.99. The molecule has 13 heavy (non-hydrogen) atoms. The Hall–Kier alpha value is -0.960. The first kappa shape index (κ1) is 10.1. The molecule has 0 radical (unpaired) electrons. The molecular formula is C10H13F2N. The van der Waals surface area contributed by atoms with Crippen molar-refractivity contribution >= 4 is 0 Å². The molecule has 72 valence electrons. The molecule has 0 unspecified atom stereocenters. The maximum Gasteiger partial charge on any atom is 0.274 e. The molecule has 0 amide bonds. The molecule has 0 fully saturated rings. The van der Waals surface area contributed by atoms with Gasteiger partial charge in [-0.1, -0.05) is 24.3 Å². The molecule has 0 spiro atoms. The zero-order chi connectivity index (χ0) is 9.90. The number of alkyl halides is 2. The normalized spacial score (nSPS) is 11.7. The summed E-state index contributed by atoms with van der Waals surface area (Å²) in [6.07, 6.45) is -0.294. The molecule has 1 aromatic carbocycles. The van der Waals surface area contributed by atoms with Gasteiger partial charge in [-0.25, -0.2) is 8.78 Å². The Morgan fingerprint density at radius 2 is 1.92 bits per heavy atom. The number of halogens is 2. The summed E-state index contributed by atoms with van der Waals surface area (Å²) in [6, 6.07) is 6.49. The number of hydrogen-bond acceptors (Lipinski definition) is 1. The van der Waals surface area contributed by atoms with Gasteiger partial charge in [-0.2, -0.15) is 0 Å². The average Bonchev–Trinajstić information content (AvgIpc) is 2.04. The Morgan fingerprint density at radius 3 is 2.46 bits per heavy atom. The van der Waals surface area contributed by atoms with Crippen LogP contribution in [0.5, 0.6) is 0 Å². The Kier molecular flexibility index (Phi) is 2.98. The van der Waals surface area contributed by atoms with E-state index < -0.39 is 5.92 Å². The number of rotatable bonds is 3. The first-order valence-electron chi connectivity index (χ1n) is 4.22. The van der Waals surface area contributed by atoms with E-state index in [0.29, 0.717) is 5.56 Å². The maximum atomic E-state index is 13.3. The Morgan fingerprint density at radius 1 is 1.31 bits per heavy atom. The summed E-state index contributed by atoms with van der Waals surface area (Å²) in [5.74, 6) is -2.79. The van der Waals surface area contributed by atoms with Gasteiger partial charge in [-0.3, -0.25) is 0 Å². The average molecular weight is 185 g/mol. The second kappa shape index (κ2) is 3.83. The lowest BCUT2D eigenvalue weighted by atomic mass is 10.0. The fraction of sp³-hybridized carbons (Fsp3) is 0.400. The SMILES string of the molecule is Cc1ccccc1C(F)(F)CCN. The lowest BCUT2D eigenvalue weighted by Crippen LogP contribution is -2.19. The van der Waals surface area contributed by atoms with Crippen LogP contribution in [-0.4, -0.2) is 6.54 Å². The lowest BCUT2D eigenvalue weighted by molar-refractivity contribution is -0.0113. The fourth-order valence-corrected chi connectivity index (χ4v) is 1.30. The van der Waals surface area contributed by atoms with Crippen LogP contribution in [-0.2, 0) is 5.92 Å². The quantitative estimate of drug-likeness (QED) is 0.769. The molecule has 2 N–H and O–H groups in total. The van der Waals surface area contributed by atoms with E-state index in [1.54, 1.807) is 25.1 Å². The highest BCUT2D eigenvalue weighted by Crippen LogP contribution is 2.32. The molecule has 0 saturated heterocycles. The topological polar surface area (TPSA) is 26.0 Å². The van der Waals surface area contributed by atoms with Crippen molar-refractivity contribution in [2.45, 2.75) is 19.3 Å². The summed E-state index contributed by atoms with van der Waals surface area (Å²) in [4.78, 5) is 0. The molecule has 0 aliphatic rings. The molecule has 0 bridgehead atoms. The van der Waals surface area contributed by atoms with Crippen LogP contribution in [0.2, 0.25) is 0 Å². The van der Waals surface area contributed by atoms with Crippen molar-refractivity contribution < 1.29 is 8.78 Å². The Bertz CT molecular complexity index is 284. The lowest BCUT2D eigenvalue weighted by Gasteiger charge is -2.17. The third-order valence-electron chi connectivity index (χ3n) is 2.00. The molecule has 0 aromatic heterocycles. The molecule has 3 heteroatoms. The number of nitrogens with two attached hydrogens (primary N) is 1. The van der Waals surface area contributed by atoms with Crippen molar-refractivity contribution in [2.75, 3.05) is 6.54 Å². The van der Waals surface area contributed by atoms with Gasteiger partial charge in [-0.15, -0.1) is 0 Å². The van der Waals surface area contributed by atoms with Crippen LogP contribution in [0.25, 0.3) is 0 Å². The molecule has 1 rings (SSSR count). The first-order valence-corrected chi connectivity index (χ1v) is 4.22. The summed E-state index contributed by atoms with van der Waals surface area (Å²) < 4.78 is 26.7. The summed E-state index contributed by atoms with van der Waals surface area (Å²) in [7, 11) is 0. The van der Waals surface area contributed by atoms with Gasteiger partial charge >= 0.3 is 0 Å². The third-order valence-corrected chi connectivity index (χ3v) is 2.00.